The molecule has 0 spiro atoms. The van der Waals surface area contributed by atoms with E-state index >= 15 is 0 Å². The van der Waals surface area contributed by atoms with Gasteiger partial charge >= 0.3 is 0 Å². The van der Waals surface area contributed by atoms with Crippen LogP contribution in [0, 0.1) is 12.8 Å². The lowest BCUT2D eigenvalue weighted by atomic mass is 9.97. The highest BCUT2D eigenvalue weighted by Crippen LogP contribution is 2.21. The molecule has 1 saturated heterocycles. The van der Waals surface area contributed by atoms with E-state index in [0.717, 1.165) is 17.8 Å². The summed E-state index contributed by atoms with van der Waals surface area (Å²) in [5.74, 6) is 0.345. The van der Waals surface area contributed by atoms with E-state index in [4.69, 9.17) is 4.74 Å². The Hall–Kier alpha value is -1.16. The molecule has 2 atom stereocenters. The molecule has 2 rings (SSSR count). The van der Waals surface area contributed by atoms with Crippen molar-refractivity contribution in [3.63, 3.8) is 0 Å². The highest BCUT2D eigenvalue weighted by molar-refractivity contribution is 5.83. The third-order valence-electron chi connectivity index (χ3n) is 3.11. The Morgan fingerprint density at radius 3 is 2.94 bits per heavy atom. The highest BCUT2D eigenvalue weighted by atomic mass is 16.5. The molecule has 0 saturated carbocycles. The summed E-state index contributed by atoms with van der Waals surface area (Å²) in [6.45, 7) is 4.53. The van der Waals surface area contributed by atoms with Crippen molar-refractivity contribution in [2.45, 2.75) is 32.8 Å². The quantitative estimate of drug-likeness (QED) is 0.773. The summed E-state index contributed by atoms with van der Waals surface area (Å²) in [5.41, 5.74) is 1.95. The summed E-state index contributed by atoms with van der Waals surface area (Å²) in [6, 6.07) is 1.97. The molecule has 1 aromatic rings. The van der Waals surface area contributed by atoms with Crippen LogP contribution in [0.2, 0.25) is 0 Å². The minimum absolute atomic E-state index is 0.0743. The molecular formula is C12H18N2O2. The average molecular weight is 222 g/mol. The van der Waals surface area contributed by atoms with Gasteiger partial charge in [0.25, 0.3) is 0 Å². The molecule has 2 unspecified atom stereocenters. The molecule has 0 aromatic carbocycles. The molecule has 88 valence electrons. The van der Waals surface area contributed by atoms with Crippen molar-refractivity contribution in [3.05, 3.63) is 17.5 Å². The van der Waals surface area contributed by atoms with E-state index in [1.54, 1.807) is 4.68 Å². The van der Waals surface area contributed by atoms with Crippen LogP contribution in [-0.2, 0) is 23.0 Å². The zero-order chi connectivity index (χ0) is 11.7. The van der Waals surface area contributed by atoms with Gasteiger partial charge in [-0.15, -0.1) is 0 Å². The van der Waals surface area contributed by atoms with Crippen molar-refractivity contribution in [1.82, 2.24) is 9.78 Å². The van der Waals surface area contributed by atoms with E-state index < -0.39 is 0 Å². The maximum absolute atomic E-state index is 12.0. The molecule has 0 aliphatic carbocycles. The molecule has 1 fully saturated rings. The standard InChI is InChI=1S/C12H18N2O2/c1-8-4-11(14(3)13-8)6-12(15)10-5-9(2)16-7-10/h4,9-10H,5-7H2,1-3H3. The van der Waals surface area contributed by atoms with Crippen LogP contribution in [0.4, 0.5) is 0 Å². The maximum Gasteiger partial charge on any atom is 0.144 e. The number of rotatable bonds is 3. The highest BCUT2D eigenvalue weighted by Gasteiger charge is 2.28. The first-order valence-electron chi connectivity index (χ1n) is 5.70. The van der Waals surface area contributed by atoms with Crippen molar-refractivity contribution in [3.8, 4) is 0 Å². The van der Waals surface area contributed by atoms with Crippen LogP contribution >= 0.6 is 0 Å². The van der Waals surface area contributed by atoms with Crippen molar-refractivity contribution in [2.75, 3.05) is 6.61 Å². The van der Waals surface area contributed by atoms with Gasteiger partial charge in [-0.3, -0.25) is 9.48 Å². The number of aromatic nitrogens is 2. The minimum Gasteiger partial charge on any atom is -0.378 e. The van der Waals surface area contributed by atoms with E-state index in [0.29, 0.717) is 13.0 Å². The van der Waals surface area contributed by atoms with Crippen molar-refractivity contribution >= 4 is 5.78 Å². The Morgan fingerprint density at radius 1 is 1.69 bits per heavy atom. The zero-order valence-electron chi connectivity index (χ0n) is 10.1. The monoisotopic (exact) mass is 222 g/mol. The Kier molecular flexibility index (Phi) is 3.10. The number of carbonyl (C=O) groups is 1. The van der Waals surface area contributed by atoms with Gasteiger partial charge in [-0.2, -0.15) is 5.10 Å². The number of carbonyl (C=O) groups excluding carboxylic acids is 1. The molecule has 0 bridgehead atoms. The van der Waals surface area contributed by atoms with Crippen molar-refractivity contribution in [1.29, 1.82) is 0 Å². The van der Waals surface area contributed by atoms with E-state index in [1.165, 1.54) is 0 Å². The van der Waals surface area contributed by atoms with Crippen molar-refractivity contribution in [2.24, 2.45) is 13.0 Å². The van der Waals surface area contributed by atoms with Crippen LogP contribution in [0.15, 0.2) is 6.07 Å². The predicted molar refractivity (Wildman–Crippen MR) is 60.2 cm³/mol. The maximum atomic E-state index is 12.0. The lowest BCUT2D eigenvalue weighted by Gasteiger charge is -2.06. The predicted octanol–water partition coefficient (Wildman–Crippen LogP) is 1.27. The number of ether oxygens (including phenoxy) is 1. The molecule has 1 aromatic heterocycles. The van der Waals surface area contributed by atoms with Crippen LogP contribution in [0.5, 0.6) is 0 Å². The van der Waals surface area contributed by atoms with Crippen LogP contribution in [-0.4, -0.2) is 28.3 Å². The SMILES string of the molecule is Cc1cc(CC(=O)C2COC(C)C2)n(C)n1. The zero-order valence-corrected chi connectivity index (χ0v) is 10.1. The minimum atomic E-state index is 0.0743. The molecule has 16 heavy (non-hydrogen) atoms. The molecule has 0 radical (unpaired) electrons. The van der Waals surface area contributed by atoms with Crippen LogP contribution < -0.4 is 0 Å². The number of aryl methyl sites for hydroxylation is 2. The number of hydrogen-bond acceptors (Lipinski definition) is 3. The largest absolute Gasteiger partial charge is 0.378 e. The van der Waals surface area contributed by atoms with E-state index in [2.05, 4.69) is 5.10 Å². The van der Waals surface area contributed by atoms with Gasteiger partial charge in [0, 0.05) is 25.1 Å². The smallest absolute Gasteiger partial charge is 0.144 e. The number of hydrogen-bond donors (Lipinski definition) is 0. The van der Waals surface area contributed by atoms with Gasteiger partial charge in [0.1, 0.15) is 5.78 Å². The van der Waals surface area contributed by atoms with E-state index in [9.17, 15) is 4.79 Å². The second-order valence-electron chi connectivity index (χ2n) is 4.62. The summed E-state index contributed by atoms with van der Waals surface area (Å²) in [4.78, 5) is 12.0. The normalized spacial score (nSPS) is 24.9. The second-order valence-corrected chi connectivity index (χ2v) is 4.62. The van der Waals surface area contributed by atoms with Gasteiger partial charge in [0.2, 0.25) is 0 Å². The summed E-state index contributed by atoms with van der Waals surface area (Å²) >= 11 is 0. The molecule has 2 heterocycles. The Balaban J connectivity index is 1.99. The lowest BCUT2D eigenvalue weighted by Crippen LogP contribution is -2.18. The fourth-order valence-corrected chi connectivity index (χ4v) is 2.19. The number of ketones is 1. The van der Waals surface area contributed by atoms with Gasteiger partial charge in [-0.25, -0.2) is 0 Å². The van der Waals surface area contributed by atoms with Gasteiger partial charge in [-0.1, -0.05) is 0 Å². The third kappa shape index (κ3) is 2.32. The van der Waals surface area contributed by atoms with Gasteiger partial charge < -0.3 is 4.74 Å². The van der Waals surface area contributed by atoms with Crippen LogP contribution in [0.1, 0.15) is 24.7 Å². The molecular weight excluding hydrogens is 204 g/mol. The summed E-state index contributed by atoms with van der Waals surface area (Å²) in [6.07, 6.45) is 1.55. The first kappa shape index (κ1) is 11.3. The Bertz CT molecular complexity index is 398. The molecule has 0 N–H and O–H groups in total. The summed E-state index contributed by atoms with van der Waals surface area (Å²) < 4.78 is 7.20. The van der Waals surface area contributed by atoms with Crippen molar-refractivity contribution < 1.29 is 9.53 Å². The molecule has 4 nitrogen and oxygen atoms in total. The van der Waals surface area contributed by atoms with E-state index in [1.807, 2.05) is 27.0 Å². The topological polar surface area (TPSA) is 44.1 Å². The average Bonchev–Trinajstić information content (AvgIpc) is 2.74. The fourth-order valence-electron chi connectivity index (χ4n) is 2.19. The van der Waals surface area contributed by atoms with Gasteiger partial charge in [0.05, 0.1) is 18.4 Å². The molecule has 0 amide bonds. The van der Waals surface area contributed by atoms with Crippen LogP contribution in [0.25, 0.3) is 0 Å². The van der Waals surface area contributed by atoms with Crippen LogP contribution in [0.3, 0.4) is 0 Å². The Labute approximate surface area is 95.6 Å². The number of nitrogens with zero attached hydrogens (tertiary/aromatic N) is 2. The first-order chi connectivity index (χ1) is 7.56. The summed E-state index contributed by atoms with van der Waals surface area (Å²) in [7, 11) is 1.88. The molecule has 1 aliphatic rings. The fraction of sp³-hybridized carbons (Fsp3) is 0.667. The molecule has 4 heteroatoms. The van der Waals surface area contributed by atoms with Gasteiger partial charge in [-0.05, 0) is 26.3 Å². The summed E-state index contributed by atoms with van der Waals surface area (Å²) in [5, 5.41) is 4.24. The molecule has 1 aliphatic heterocycles. The Morgan fingerprint density at radius 2 is 2.44 bits per heavy atom. The lowest BCUT2D eigenvalue weighted by molar-refractivity contribution is -0.122. The number of Topliss-reactive ketones (excluding diaryl/α,β-unsaturated/α-hetero) is 1. The third-order valence-corrected chi connectivity index (χ3v) is 3.11. The van der Waals surface area contributed by atoms with E-state index in [-0.39, 0.29) is 17.8 Å². The first-order valence-corrected chi connectivity index (χ1v) is 5.70. The van der Waals surface area contributed by atoms with Gasteiger partial charge in [0.15, 0.2) is 0 Å². The second kappa shape index (κ2) is 4.37.